The summed E-state index contributed by atoms with van der Waals surface area (Å²) >= 11 is 0. The van der Waals surface area contributed by atoms with Crippen LogP contribution in [0.25, 0.3) is 0 Å². The van der Waals surface area contributed by atoms with Crippen molar-refractivity contribution in [2.24, 2.45) is 0 Å². The summed E-state index contributed by atoms with van der Waals surface area (Å²) in [7, 11) is 0. The van der Waals surface area contributed by atoms with Crippen LogP contribution in [0.1, 0.15) is 19.5 Å². The number of anilines is 1. The number of carbonyl (C=O) groups excluding carboxylic acids is 1. The molecular weight excluding hydrogens is 230 g/mol. The van der Waals surface area contributed by atoms with Gasteiger partial charge in [-0.1, -0.05) is 0 Å². The minimum atomic E-state index is 0.148. The number of aromatic nitrogens is 2. The molecule has 0 bridgehead atoms. The molecule has 18 heavy (non-hydrogen) atoms. The number of hydrogen-bond donors (Lipinski definition) is 1. The number of amides is 1. The topological polar surface area (TPSA) is 75.4 Å². The predicted octanol–water partition coefficient (Wildman–Crippen LogP) is 0.111. The van der Waals surface area contributed by atoms with Crippen molar-refractivity contribution in [1.82, 2.24) is 19.8 Å². The Bertz CT molecular complexity index is 419. The third kappa shape index (κ3) is 2.95. The van der Waals surface area contributed by atoms with Gasteiger partial charge in [-0.05, 0) is 6.92 Å². The van der Waals surface area contributed by atoms with Crippen LogP contribution in [0.15, 0.2) is 12.4 Å². The molecule has 6 heteroatoms. The molecule has 1 fully saturated rings. The van der Waals surface area contributed by atoms with E-state index in [9.17, 15) is 4.79 Å². The van der Waals surface area contributed by atoms with E-state index in [0.717, 1.165) is 31.9 Å². The molecule has 1 atom stereocenters. The summed E-state index contributed by atoms with van der Waals surface area (Å²) in [6, 6.07) is 0.248. The fourth-order valence-electron chi connectivity index (χ4n) is 2.32. The van der Waals surface area contributed by atoms with E-state index in [2.05, 4.69) is 21.8 Å². The molecule has 1 aliphatic rings. The zero-order valence-corrected chi connectivity index (χ0v) is 10.8. The van der Waals surface area contributed by atoms with Crippen molar-refractivity contribution in [2.45, 2.75) is 26.4 Å². The van der Waals surface area contributed by atoms with Crippen molar-refractivity contribution < 1.29 is 4.79 Å². The van der Waals surface area contributed by atoms with Gasteiger partial charge in [0.25, 0.3) is 0 Å². The van der Waals surface area contributed by atoms with Gasteiger partial charge in [0.05, 0.1) is 18.1 Å². The zero-order valence-electron chi connectivity index (χ0n) is 10.8. The number of carbonyl (C=O) groups is 1. The number of hydrogen-bond acceptors (Lipinski definition) is 5. The maximum Gasteiger partial charge on any atom is 0.219 e. The van der Waals surface area contributed by atoms with Gasteiger partial charge >= 0.3 is 0 Å². The molecule has 0 unspecified atom stereocenters. The smallest absolute Gasteiger partial charge is 0.219 e. The highest BCUT2D eigenvalue weighted by Gasteiger charge is 2.25. The molecule has 1 saturated heterocycles. The Labute approximate surface area is 107 Å². The molecule has 2 N–H and O–H groups in total. The highest BCUT2D eigenvalue weighted by molar-refractivity contribution is 5.73. The van der Waals surface area contributed by atoms with Crippen molar-refractivity contribution in [3.8, 4) is 0 Å². The third-order valence-electron chi connectivity index (χ3n) is 3.23. The third-order valence-corrected chi connectivity index (χ3v) is 3.23. The minimum absolute atomic E-state index is 0.148. The van der Waals surface area contributed by atoms with Crippen molar-refractivity contribution >= 4 is 11.7 Å². The number of piperazine rings is 1. The maximum atomic E-state index is 11.4. The monoisotopic (exact) mass is 249 g/mol. The Morgan fingerprint density at radius 2 is 2.22 bits per heavy atom. The van der Waals surface area contributed by atoms with E-state index in [-0.39, 0.29) is 11.9 Å². The molecule has 1 aromatic heterocycles. The summed E-state index contributed by atoms with van der Waals surface area (Å²) in [5, 5.41) is 0. The molecule has 0 radical (unpaired) electrons. The van der Waals surface area contributed by atoms with Crippen LogP contribution in [0.4, 0.5) is 5.82 Å². The van der Waals surface area contributed by atoms with Crippen LogP contribution in [0.2, 0.25) is 0 Å². The molecule has 1 amide bonds. The average Bonchev–Trinajstić information content (AvgIpc) is 2.32. The van der Waals surface area contributed by atoms with E-state index in [1.807, 2.05) is 4.90 Å². The SMILES string of the molecule is CC(=O)N1CCN(Cc2cnc(N)cn2)C[C@@H]1C. The molecule has 0 aromatic carbocycles. The van der Waals surface area contributed by atoms with Crippen LogP contribution in [0.3, 0.4) is 0 Å². The van der Waals surface area contributed by atoms with Crippen molar-refractivity contribution in [2.75, 3.05) is 25.4 Å². The second kappa shape index (κ2) is 5.30. The lowest BCUT2D eigenvalue weighted by Crippen LogP contribution is -2.53. The van der Waals surface area contributed by atoms with E-state index in [1.54, 1.807) is 19.3 Å². The van der Waals surface area contributed by atoms with Crippen LogP contribution in [0, 0.1) is 0 Å². The van der Waals surface area contributed by atoms with Gasteiger partial charge < -0.3 is 10.6 Å². The first kappa shape index (κ1) is 12.8. The number of nitrogens with two attached hydrogens (primary N) is 1. The van der Waals surface area contributed by atoms with Gasteiger partial charge in [0, 0.05) is 39.1 Å². The number of rotatable bonds is 2. The highest BCUT2D eigenvalue weighted by Crippen LogP contribution is 2.12. The Balaban J connectivity index is 1.93. The summed E-state index contributed by atoms with van der Waals surface area (Å²) in [6.07, 6.45) is 3.28. The number of nitrogen functional groups attached to an aromatic ring is 1. The van der Waals surface area contributed by atoms with Crippen molar-refractivity contribution in [1.29, 1.82) is 0 Å². The van der Waals surface area contributed by atoms with Crippen LogP contribution in [0.5, 0.6) is 0 Å². The van der Waals surface area contributed by atoms with E-state index < -0.39 is 0 Å². The van der Waals surface area contributed by atoms with E-state index in [0.29, 0.717) is 5.82 Å². The quantitative estimate of drug-likeness (QED) is 0.805. The molecule has 0 saturated carbocycles. The van der Waals surface area contributed by atoms with Gasteiger partial charge in [0.15, 0.2) is 0 Å². The van der Waals surface area contributed by atoms with E-state index in [1.165, 1.54) is 0 Å². The largest absolute Gasteiger partial charge is 0.382 e. The van der Waals surface area contributed by atoms with Gasteiger partial charge in [0.1, 0.15) is 5.82 Å². The van der Waals surface area contributed by atoms with E-state index in [4.69, 9.17) is 5.73 Å². The van der Waals surface area contributed by atoms with Crippen molar-refractivity contribution in [3.05, 3.63) is 18.1 Å². The molecule has 6 nitrogen and oxygen atoms in total. The standard InChI is InChI=1S/C12H19N5O/c1-9-7-16(3-4-17(9)10(2)18)8-11-5-15-12(13)6-14-11/h5-6,9H,3-4,7-8H2,1-2H3,(H2,13,15)/t9-/m0/s1. The minimum Gasteiger partial charge on any atom is -0.382 e. The predicted molar refractivity (Wildman–Crippen MR) is 68.6 cm³/mol. The van der Waals surface area contributed by atoms with Crippen LogP contribution >= 0.6 is 0 Å². The van der Waals surface area contributed by atoms with Crippen LogP contribution in [-0.2, 0) is 11.3 Å². The fourth-order valence-corrected chi connectivity index (χ4v) is 2.32. The normalized spacial score (nSPS) is 21.0. The molecular formula is C12H19N5O. The van der Waals surface area contributed by atoms with Gasteiger partial charge in [-0.3, -0.25) is 14.7 Å². The molecule has 0 spiro atoms. The van der Waals surface area contributed by atoms with Gasteiger partial charge in [-0.15, -0.1) is 0 Å². The van der Waals surface area contributed by atoms with Crippen molar-refractivity contribution in [3.63, 3.8) is 0 Å². The summed E-state index contributed by atoms with van der Waals surface area (Å²) in [5.74, 6) is 0.586. The lowest BCUT2D eigenvalue weighted by Gasteiger charge is -2.39. The molecule has 98 valence electrons. The second-order valence-electron chi connectivity index (χ2n) is 4.73. The summed E-state index contributed by atoms with van der Waals surface area (Å²) < 4.78 is 0. The van der Waals surface area contributed by atoms with Crippen LogP contribution in [-0.4, -0.2) is 51.4 Å². The van der Waals surface area contributed by atoms with E-state index >= 15 is 0 Å². The first-order valence-electron chi connectivity index (χ1n) is 6.12. The molecule has 1 aliphatic heterocycles. The lowest BCUT2D eigenvalue weighted by atomic mass is 10.2. The summed E-state index contributed by atoms with van der Waals surface area (Å²) in [4.78, 5) is 23.8. The van der Waals surface area contributed by atoms with Gasteiger partial charge in [-0.2, -0.15) is 0 Å². The van der Waals surface area contributed by atoms with Gasteiger partial charge in [-0.25, -0.2) is 4.98 Å². The Kier molecular flexibility index (Phi) is 3.76. The summed E-state index contributed by atoms with van der Waals surface area (Å²) in [5.41, 5.74) is 6.41. The average molecular weight is 249 g/mol. The first-order valence-corrected chi connectivity index (χ1v) is 6.12. The maximum absolute atomic E-state index is 11.4. The zero-order chi connectivity index (χ0) is 13.1. The Morgan fingerprint density at radius 1 is 1.44 bits per heavy atom. The number of nitrogens with zero attached hydrogens (tertiary/aromatic N) is 4. The second-order valence-corrected chi connectivity index (χ2v) is 4.73. The molecule has 0 aliphatic carbocycles. The van der Waals surface area contributed by atoms with Crippen LogP contribution < -0.4 is 5.73 Å². The Morgan fingerprint density at radius 3 is 2.78 bits per heavy atom. The fraction of sp³-hybridized carbons (Fsp3) is 0.583. The first-order chi connectivity index (χ1) is 8.56. The lowest BCUT2D eigenvalue weighted by molar-refractivity contribution is -0.133. The molecule has 2 rings (SSSR count). The Hall–Kier alpha value is -1.69. The molecule has 2 heterocycles. The highest BCUT2D eigenvalue weighted by atomic mass is 16.2. The molecule has 1 aromatic rings. The van der Waals surface area contributed by atoms with Gasteiger partial charge in [0.2, 0.25) is 5.91 Å². The summed E-state index contributed by atoms with van der Waals surface area (Å²) in [6.45, 7) is 6.96.